The van der Waals surface area contributed by atoms with Gasteiger partial charge in [-0.15, -0.1) is 0 Å². The maximum Gasteiger partial charge on any atom is 0.338 e. The van der Waals surface area contributed by atoms with Crippen molar-refractivity contribution in [3.05, 3.63) is 41.6 Å². The molecule has 0 bridgehead atoms. The van der Waals surface area contributed by atoms with Crippen molar-refractivity contribution >= 4 is 23.4 Å². The number of anilines is 1. The summed E-state index contributed by atoms with van der Waals surface area (Å²) in [4.78, 5) is 16.4. The number of hydrogen-bond donors (Lipinski definition) is 2. The minimum atomic E-state index is -0.500. The van der Waals surface area contributed by atoms with Gasteiger partial charge in [0.15, 0.2) is 11.5 Å². The number of hydrogen-bond acceptors (Lipinski definition) is 7. The first kappa shape index (κ1) is 18.1. The molecule has 1 heterocycles. The molecule has 0 saturated carbocycles. The highest BCUT2D eigenvalue weighted by Gasteiger charge is 2.16. The summed E-state index contributed by atoms with van der Waals surface area (Å²) in [5.74, 6) is 0.183. The van der Waals surface area contributed by atoms with Gasteiger partial charge in [0.1, 0.15) is 5.82 Å². The van der Waals surface area contributed by atoms with E-state index in [2.05, 4.69) is 4.98 Å². The number of nitrogens with zero attached hydrogens (tertiary/aromatic N) is 1. The van der Waals surface area contributed by atoms with Gasteiger partial charge in [-0.1, -0.05) is 0 Å². The molecular weight excluding hydrogens is 324 g/mol. The molecule has 2 aromatic rings. The number of aromatic hydroxyl groups is 1. The first-order valence-corrected chi connectivity index (χ1v) is 7.55. The van der Waals surface area contributed by atoms with Crippen LogP contribution in [0.5, 0.6) is 17.2 Å². The first-order valence-electron chi connectivity index (χ1n) is 7.55. The molecule has 0 saturated heterocycles. The molecule has 3 N–H and O–H groups in total. The van der Waals surface area contributed by atoms with Crippen LogP contribution in [0.15, 0.2) is 30.5 Å². The minimum absolute atomic E-state index is 0.117. The minimum Gasteiger partial charge on any atom is -0.502 e. The molecule has 1 aromatic heterocycles. The lowest BCUT2D eigenvalue weighted by atomic mass is 10.0. The Bertz CT molecular complexity index is 760. The van der Waals surface area contributed by atoms with Crippen LogP contribution in [0.4, 0.5) is 5.82 Å². The van der Waals surface area contributed by atoms with Gasteiger partial charge in [0.25, 0.3) is 0 Å². The summed E-state index contributed by atoms with van der Waals surface area (Å²) in [7, 11) is 2.86. The Morgan fingerprint density at radius 3 is 2.36 bits per heavy atom. The Hall–Kier alpha value is -3.22. The van der Waals surface area contributed by atoms with Crippen LogP contribution in [0.2, 0.25) is 0 Å². The van der Waals surface area contributed by atoms with Gasteiger partial charge >= 0.3 is 5.97 Å². The molecule has 7 nitrogen and oxygen atoms in total. The van der Waals surface area contributed by atoms with Gasteiger partial charge in [-0.25, -0.2) is 9.78 Å². The van der Waals surface area contributed by atoms with E-state index in [1.807, 2.05) is 0 Å². The lowest BCUT2D eigenvalue weighted by molar-refractivity contribution is -0.136. The molecule has 0 aliphatic rings. The molecule has 0 aliphatic heterocycles. The van der Waals surface area contributed by atoms with Crippen molar-refractivity contribution < 1.29 is 24.1 Å². The van der Waals surface area contributed by atoms with Gasteiger partial charge in [0.05, 0.1) is 26.4 Å². The van der Waals surface area contributed by atoms with Crippen molar-refractivity contribution in [1.29, 1.82) is 0 Å². The number of rotatable bonds is 6. The molecule has 0 aliphatic carbocycles. The molecule has 7 heteroatoms. The molecule has 0 unspecified atom stereocenters. The van der Waals surface area contributed by atoms with Crippen molar-refractivity contribution in [2.45, 2.75) is 6.92 Å². The molecule has 0 spiro atoms. The van der Waals surface area contributed by atoms with Crippen LogP contribution < -0.4 is 15.2 Å². The molecular formula is C18H20N2O5. The number of nitrogens with two attached hydrogens (primary N) is 1. The van der Waals surface area contributed by atoms with Crippen molar-refractivity contribution in [2.24, 2.45) is 0 Å². The number of benzene rings is 1. The molecule has 0 radical (unpaired) electrons. The molecule has 0 amide bonds. The zero-order chi connectivity index (χ0) is 18.4. The summed E-state index contributed by atoms with van der Waals surface area (Å²) in [6, 6.07) is 6.45. The van der Waals surface area contributed by atoms with Crippen LogP contribution in [-0.2, 0) is 9.53 Å². The zero-order valence-corrected chi connectivity index (χ0v) is 14.3. The number of ether oxygens (including phenoxy) is 3. The second kappa shape index (κ2) is 8.05. The van der Waals surface area contributed by atoms with Crippen molar-refractivity contribution in [3.63, 3.8) is 0 Å². The molecule has 1 aromatic carbocycles. The van der Waals surface area contributed by atoms with Crippen LogP contribution in [0.3, 0.4) is 0 Å². The maximum atomic E-state index is 12.3. The fourth-order valence-corrected chi connectivity index (χ4v) is 2.20. The van der Waals surface area contributed by atoms with E-state index in [1.54, 1.807) is 37.3 Å². The Balaban J connectivity index is 2.57. The Kier molecular flexibility index (Phi) is 5.84. The molecule has 2 rings (SSSR count). The quantitative estimate of drug-likeness (QED) is 0.613. The topological polar surface area (TPSA) is 104 Å². The Labute approximate surface area is 145 Å². The highest BCUT2D eigenvalue weighted by molar-refractivity contribution is 6.21. The summed E-state index contributed by atoms with van der Waals surface area (Å²) < 4.78 is 15.4. The number of nitrogen functional groups attached to an aromatic ring is 1. The third-order valence-corrected chi connectivity index (χ3v) is 3.41. The van der Waals surface area contributed by atoms with E-state index in [0.717, 1.165) is 0 Å². The molecule has 0 fully saturated rings. The van der Waals surface area contributed by atoms with Gasteiger partial charge in [-0.2, -0.15) is 0 Å². The number of esters is 1. The lowest BCUT2D eigenvalue weighted by Gasteiger charge is -2.11. The smallest absolute Gasteiger partial charge is 0.338 e. The summed E-state index contributed by atoms with van der Waals surface area (Å²) >= 11 is 0. The summed E-state index contributed by atoms with van der Waals surface area (Å²) in [5.41, 5.74) is 7.04. The van der Waals surface area contributed by atoms with Crippen molar-refractivity contribution in [1.82, 2.24) is 4.98 Å². The van der Waals surface area contributed by atoms with E-state index >= 15 is 0 Å². The fourth-order valence-electron chi connectivity index (χ4n) is 2.20. The van der Waals surface area contributed by atoms with Gasteiger partial charge in [0.2, 0.25) is 5.75 Å². The predicted molar refractivity (Wildman–Crippen MR) is 94.4 cm³/mol. The summed E-state index contributed by atoms with van der Waals surface area (Å²) in [6.45, 7) is 1.96. The fraction of sp³-hybridized carbons (Fsp3) is 0.222. The van der Waals surface area contributed by atoms with Crippen molar-refractivity contribution in [3.8, 4) is 17.2 Å². The lowest BCUT2D eigenvalue weighted by Crippen LogP contribution is -2.07. The van der Waals surface area contributed by atoms with Crippen LogP contribution >= 0.6 is 0 Å². The first-order chi connectivity index (χ1) is 12.0. The second-order valence-corrected chi connectivity index (χ2v) is 5.02. The van der Waals surface area contributed by atoms with E-state index < -0.39 is 5.97 Å². The SMILES string of the molecule is CCOC(=O)/C(=C/c1cc(OC)c(O)c(OC)c1)c1ccc(N)nc1. The number of methoxy groups -OCH3 is 2. The summed E-state index contributed by atoms with van der Waals surface area (Å²) in [6.07, 6.45) is 3.10. The third kappa shape index (κ3) is 4.20. The average Bonchev–Trinajstić information content (AvgIpc) is 2.61. The third-order valence-electron chi connectivity index (χ3n) is 3.41. The van der Waals surface area contributed by atoms with Gasteiger partial charge < -0.3 is 25.1 Å². The van der Waals surface area contributed by atoms with Gasteiger partial charge in [0, 0.05) is 11.8 Å². The van der Waals surface area contributed by atoms with Crippen LogP contribution in [0.25, 0.3) is 11.6 Å². The van der Waals surface area contributed by atoms with E-state index in [9.17, 15) is 9.90 Å². The number of phenols is 1. The number of carbonyl (C=O) groups is 1. The normalized spacial score (nSPS) is 11.1. The van der Waals surface area contributed by atoms with Crippen LogP contribution in [-0.4, -0.2) is 36.9 Å². The van der Waals surface area contributed by atoms with Gasteiger partial charge in [-0.05, 0) is 42.8 Å². The molecule has 25 heavy (non-hydrogen) atoms. The van der Waals surface area contributed by atoms with E-state index in [1.165, 1.54) is 20.4 Å². The van der Waals surface area contributed by atoms with Crippen LogP contribution in [0.1, 0.15) is 18.1 Å². The number of carbonyl (C=O) groups excluding carboxylic acids is 1. The molecule has 132 valence electrons. The van der Waals surface area contributed by atoms with Crippen molar-refractivity contribution in [2.75, 3.05) is 26.6 Å². The monoisotopic (exact) mass is 344 g/mol. The number of phenolic OH excluding ortho intramolecular Hbond substituents is 1. The Morgan fingerprint density at radius 1 is 1.24 bits per heavy atom. The average molecular weight is 344 g/mol. The van der Waals surface area contributed by atoms with E-state index in [-0.39, 0.29) is 23.9 Å². The number of pyridine rings is 1. The van der Waals surface area contributed by atoms with E-state index in [0.29, 0.717) is 22.5 Å². The maximum absolute atomic E-state index is 12.3. The standard InChI is InChI=1S/C18H20N2O5/c1-4-25-18(22)13(12-5-6-16(19)20-10-12)7-11-8-14(23-2)17(21)15(9-11)24-3/h5-10,21H,4H2,1-3H3,(H2,19,20)/b13-7+. The molecule has 0 atom stereocenters. The Morgan fingerprint density at radius 2 is 1.88 bits per heavy atom. The van der Waals surface area contributed by atoms with Gasteiger partial charge in [-0.3, -0.25) is 0 Å². The second-order valence-electron chi connectivity index (χ2n) is 5.02. The van der Waals surface area contributed by atoms with E-state index in [4.69, 9.17) is 19.9 Å². The zero-order valence-electron chi connectivity index (χ0n) is 14.3. The highest BCUT2D eigenvalue weighted by Crippen LogP contribution is 2.38. The predicted octanol–water partition coefficient (Wildman–Crippen LogP) is 2.49. The summed E-state index contributed by atoms with van der Waals surface area (Å²) in [5, 5.41) is 10.0. The highest BCUT2D eigenvalue weighted by atomic mass is 16.5. The largest absolute Gasteiger partial charge is 0.502 e. The number of aromatic nitrogens is 1. The van der Waals surface area contributed by atoms with Crippen LogP contribution in [0, 0.1) is 0 Å².